The fourth-order valence-electron chi connectivity index (χ4n) is 2.40. The Bertz CT molecular complexity index is 929. The van der Waals surface area contributed by atoms with E-state index in [-0.39, 0.29) is 11.4 Å². The number of nitro benzene ring substituents is 1. The minimum absolute atomic E-state index is 0.122. The Hall–Kier alpha value is -3.87. The van der Waals surface area contributed by atoms with Crippen molar-refractivity contribution < 1.29 is 9.72 Å². The van der Waals surface area contributed by atoms with E-state index >= 15 is 0 Å². The molecular formula is C19H16N4O3. The standard InChI is InChI=1S/C19H16N4O3/c24-19(22-21-17-12-6-7-13-18(17)23(25)26)15-10-4-5-11-16(15)20-14-8-2-1-3-9-14/h1-13,20-21H,(H,22,24). The molecule has 0 aliphatic heterocycles. The first-order chi connectivity index (χ1) is 12.6. The number of hydrazine groups is 1. The van der Waals surface area contributed by atoms with Gasteiger partial charge in [-0.2, -0.15) is 0 Å². The average Bonchev–Trinajstić information content (AvgIpc) is 2.67. The molecule has 0 saturated heterocycles. The molecule has 3 aromatic carbocycles. The van der Waals surface area contributed by atoms with Crippen LogP contribution in [-0.4, -0.2) is 10.8 Å². The quantitative estimate of drug-likeness (QED) is 0.460. The molecule has 0 aromatic heterocycles. The van der Waals surface area contributed by atoms with Crippen LogP contribution in [0.4, 0.5) is 22.7 Å². The molecule has 130 valence electrons. The number of rotatable bonds is 6. The molecule has 0 atom stereocenters. The monoisotopic (exact) mass is 348 g/mol. The van der Waals surface area contributed by atoms with E-state index in [4.69, 9.17) is 0 Å². The van der Waals surface area contributed by atoms with Crippen LogP contribution in [0.3, 0.4) is 0 Å². The van der Waals surface area contributed by atoms with E-state index in [1.54, 1.807) is 30.3 Å². The maximum Gasteiger partial charge on any atom is 0.294 e. The van der Waals surface area contributed by atoms with Gasteiger partial charge in [-0.05, 0) is 30.3 Å². The van der Waals surface area contributed by atoms with Crippen molar-refractivity contribution in [1.29, 1.82) is 0 Å². The van der Waals surface area contributed by atoms with E-state index in [2.05, 4.69) is 16.2 Å². The molecule has 7 heteroatoms. The first kappa shape index (κ1) is 17.0. The van der Waals surface area contributed by atoms with Gasteiger partial charge < -0.3 is 5.32 Å². The van der Waals surface area contributed by atoms with Crippen molar-refractivity contribution in [3.63, 3.8) is 0 Å². The highest BCUT2D eigenvalue weighted by Gasteiger charge is 2.15. The molecule has 0 aliphatic carbocycles. The zero-order valence-corrected chi connectivity index (χ0v) is 13.7. The first-order valence-corrected chi connectivity index (χ1v) is 7.86. The highest BCUT2D eigenvalue weighted by molar-refractivity contribution is 6.00. The molecular weight excluding hydrogens is 332 g/mol. The van der Waals surface area contributed by atoms with Gasteiger partial charge in [0.15, 0.2) is 0 Å². The van der Waals surface area contributed by atoms with Crippen molar-refractivity contribution >= 4 is 28.7 Å². The van der Waals surface area contributed by atoms with Gasteiger partial charge in [-0.15, -0.1) is 0 Å². The number of nitrogens with one attached hydrogen (secondary N) is 3. The molecule has 7 nitrogen and oxygen atoms in total. The highest BCUT2D eigenvalue weighted by atomic mass is 16.6. The highest BCUT2D eigenvalue weighted by Crippen LogP contribution is 2.23. The fourth-order valence-corrected chi connectivity index (χ4v) is 2.40. The maximum absolute atomic E-state index is 12.5. The van der Waals surface area contributed by atoms with Gasteiger partial charge in [0.25, 0.3) is 11.6 Å². The number of benzene rings is 3. The lowest BCUT2D eigenvalue weighted by atomic mass is 10.1. The van der Waals surface area contributed by atoms with E-state index in [1.165, 1.54) is 12.1 Å². The number of hydrogen-bond acceptors (Lipinski definition) is 5. The largest absolute Gasteiger partial charge is 0.355 e. The van der Waals surface area contributed by atoms with E-state index in [1.807, 2.05) is 36.4 Å². The Labute approximate surface area is 149 Å². The summed E-state index contributed by atoms with van der Waals surface area (Å²) < 4.78 is 0. The summed E-state index contributed by atoms with van der Waals surface area (Å²) in [6.45, 7) is 0. The SMILES string of the molecule is O=C(NNc1ccccc1[N+](=O)[O-])c1ccccc1Nc1ccccc1. The molecule has 1 amide bonds. The summed E-state index contributed by atoms with van der Waals surface area (Å²) >= 11 is 0. The van der Waals surface area contributed by atoms with Crippen LogP contribution in [-0.2, 0) is 0 Å². The molecule has 0 saturated carbocycles. The van der Waals surface area contributed by atoms with Crippen LogP contribution in [0, 0.1) is 10.1 Å². The van der Waals surface area contributed by atoms with Crippen LogP contribution in [0.2, 0.25) is 0 Å². The van der Waals surface area contributed by atoms with Gasteiger partial charge in [-0.3, -0.25) is 25.8 Å². The van der Waals surface area contributed by atoms with Gasteiger partial charge in [0.2, 0.25) is 0 Å². The van der Waals surface area contributed by atoms with Gasteiger partial charge in [-0.25, -0.2) is 0 Å². The first-order valence-electron chi connectivity index (χ1n) is 7.86. The third kappa shape index (κ3) is 3.96. The number of carbonyl (C=O) groups excluding carboxylic acids is 1. The number of anilines is 3. The summed E-state index contributed by atoms with van der Waals surface area (Å²) in [4.78, 5) is 23.0. The second kappa shape index (κ2) is 7.80. The number of nitro groups is 1. The van der Waals surface area contributed by atoms with Crippen LogP contribution >= 0.6 is 0 Å². The van der Waals surface area contributed by atoms with Crippen LogP contribution in [0.15, 0.2) is 78.9 Å². The van der Waals surface area contributed by atoms with Crippen molar-refractivity contribution in [2.45, 2.75) is 0 Å². The predicted octanol–water partition coefficient (Wildman–Crippen LogP) is 4.10. The summed E-state index contributed by atoms with van der Waals surface area (Å²) in [7, 11) is 0. The zero-order chi connectivity index (χ0) is 18.4. The van der Waals surface area contributed by atoms with Crippen molar-refractivity contribution in [1.82, 2.24) is 5.43 Å². The minimum Gasteiger partial charge on any atom is -0.355 e. The zero-order valence-electron chi connectivity index (χ0n) is 13.7. The molecule has 3 N–H and O–H groups in total. The summed E-state index contributed by atoms with van der Waals surface area (Å²) in [5.74, 6) is -0.415. The van der Waals surface area contributed by atoms with Gasteiger partial charge in [0.1, 0.15) is 5.69 Å². The second-order valence-electron chi connectivity index (χ2n) is 5.39. The Kier molecular flexibility index (Phi) is 5.09. The van der Waals surface area contributed by atoms with Crippen molar-refractivity contribution in [2.24, 2.45) is 0 Å². The fraction of sp³-hybridized carbons (Fsp3) is 0. The topological polar surface area (TPSA) is 96.3 Å². The Morgan fingerprint density at radius 2 is 1.42 bits per heavy atom. The molecule has 26 heavy (non-hydrogen) atoms. The van der Waals surface area contributed by atoms with Crippen molar-refractivity contribution in [2.75, 3.05) is 10.7 Å². The Morgan fingerprint density at radius 1 is 0.808 bits per heavy atom. The number of amides is 1. The van der Waals surface area contributed by atoms with Gasteiger partial charge in [-0.1, -0.05) is 42.5 Å². The van der Waals surface area contributed by atoms with Gasteiger partial charge >= 0.3 is 0 Å². The molecule has 0 bridgehead atoms. The molecule has 0 radical (unpaired) electrons. The minimum atomic E-state index is -0.514. The maximum atomic E-state index is 12.5. The molecule has 0 unspecified atom stereocenters. The van der Waals surface area contributed by atoms with Crippen molar-refractivity contribution in [3.05, 3.63) is 94.5 Å². The number of nitrogens with zero attached hydrogens (tertiary/aromatic N) is 1. The lowest BCUT2D eigenvalue weighted by Gasteiger charge is -2.13. The van der Waals surface area contributed by atoms with Crippen LogP contribution < -0.4 is 16.2 Å². The van der Waals surface area contributed by atoms with E-state index < -0.39 is 10.8 Å². The lowest BCUT2D eigenvalue weighted by Crippen LogP contribution is -2.30. The predicted molar refractivity (Wildman–Crippen MR) is 100 cm³/mol. The number of carbonyl (C=O) groups is 1. The smallest absolute Gasteiger partial charge is 0.294 e. The molecule has 0 aliphatic rings. The lowest BCUT2D eigenvalue weighted by molar-refractivity contribution is -0.384. The molecule has 3 rings (SSSR count). The van der Waals surface area contributed by atoms with Crippen LogP contribution in [0.5, 0.6) is 0 Å². The van der Waals surface area contributed by atoms with Gasteiger partial charge in [0, 0.05) is 11.8 Å². The average molecular weight is 348 g/mol. The third-order valence-corrected chi connectivity index (χ3v) is 3.64. The van der Waals surface area contributed by atoms with Gasteiger partial charge in [0.05, 0.1) is 16.2 Å². The Balaban J connectivity index is 1.76. The Morgan fingerprint density at radius 3 is 2.15 bits per heavy atom. The molecule has 0 heterocycles. The number of hydrogen-bond donors (Lipinski definition) is 3. The second-order valence-corrected chi connectivity index (χ2v) is 5.39. The number of para-hydroxylation sites is 4. The molecule has 0 fully saturated rings. The van der Waals surface area contributed by atoms with Crippen LogP contribution in [0.25, 0.3) is 0 Å². The summed E-state index contributed by atoms with van der Waals surface area (Å²) in [5, 5.41) is 14.2. The molecule has 3 aromatic rings. The normalized spacial score (nSPS) is 10.0. The molecule has 0 spiro atoms. The van der Waals surface area contributed by atoms with Crippen molar-refractivity contribution in [3.8, 4) is 0 Å². The summed E-state index contributed by atoms with van der Waals surface area (Å²) in [5.41, 5.74) is 7.08. The van der Waals surface area contributed by atoms with E-state index in [9.17, 15) is 14.9 Å². The van der Waals surface area contributed by atoms with Crippen LogP contribution in [0.1, 0.15) is 10.4 Å². The van der Waals surface area contributed by atoms with E-state index in [0.717, 1.165) is 5.69 Å². The summed E-state index contributed by atoms with van der Waals surface area (Å²) in [6, 6.07) is 22.6. The summed E-state index contributed by atoms with van der Waals surface area (Å²) in [6.07, 6.45) is 0. The third-order valence-electron chi connectivity index (χ3n) is 3.64. The van der Waals surface area contributed by atoms with E-state index in [0.29, 0.717) is 11.3 Å².